The van der Waals surface area contributed by atoms with Gasteiger partial charge < -0.3 is 14.5 Å². The third kappa shape index (κ3) is 4.47. The first-order valence-electron chi connectivity index (χ1n) is 9.38. The van der Waals surface area contributed by atoms with Crippen LogP contribution in [-0.2, 0) is 10.2 Å². The van der Waals surface area contributed by atoms with E-state index in [-0.39, 0.29) is 11.4 Å². The lowest BCUT2D eigenvalue weighted by atomic mass is 9.94. The maximum atomic E-state index is 12.8. The average Bonchev–Trinajstić information content (AvgIpc) is 3.12. The molecule has 2 aromatic rings. The Hall–Kier alpha value is -2.54. The Labute approximate surface area is 170 Å². The summed E-state index contributed by atoms with van der Waals surface area (Å²) in [4.78, 5) is 30.0. The lowest BCUT2D eigenvalue weighted by Gasteiger charge is -2.36. The van der Waals surface area contributed by atoms with Crippen LogP contribution in [0, 0.1) is 0 Å². The number of esters is 1. The summed E-state index contributed by atoms with van der Waals surface area (Å²) in [7, 11) is 1.35. The van der Waals surface area contributed by atoms with Crippen LogP contribution in [0.15, 0.2) is 36.4 Å². The number of para-hydroxylation sites is 1. The van der Waals surface area contributed by atoms with Crippen LogP contribution < -0.4 is 10.2 Å². The third-order valence-corrected chi connectivity index (χ3v) is 6.26. The number of anilines is 2. The van der Waals surface area contributed by atoms with Crippen molar-refractivity contribution >= 4 is 34.0 Å². The van der Waals surface area contributed by atoms with Gasteiger partial charge in [-0.3, -0.25) is 5.32 Å². The van der Waals surface area contributed by atoms with Gasteiger partial charge in [0.05, 0.1) is 12.7 Å². The number of methoxy groups -OCH3 is 1. The molecule has 1 aromatic heterocycles. The number of ether oxygens (including phenoxy) is 1. The van der Waals surface area contributed by atoms with E-state index in [1.165, 1.54) is 24.1 Å². The number of hydrogen-bond acceptors (Lipinski definition) is 5. The number of thiophene rings is 1. The summed E-state index contributed by atoms with van der Waals surface area (Å²) in [5, 5.41) is 3.48. The molecule has 1 aliphatic rings. The molecule has 7 heteroatoms. The van der Waals surface area contributed by atoms with Gasteiger partial charge in [-0.1, -0.05) is 39.0 Å². The molecule has 0 unspecified atom stereocenters. The molecule has 1 saturated heterocycles. The van der Waals surface area contributed by atoms with E-state index in [2.05, 4.69) is 43.1 Å². The first kappa shape index (κ1) is 20.2. The maximum absolute atomic E-state index is 12.8. The van der Waals surface area contributed by atoms with Gasteiger partial charge in [0.2, 0.25) is 0 Å². The molecule has 2 heterocycles. The second-order valence-electron chi connectivity index (χ2n) is 7.83. The van der Waals surface area contributed by atoms with E-state index >= 15 is 0 Å². The largest absolute Gasteiger partial charge is 0.465 e. The van der Waals surface area contributed by atoms with Crippen LogP contribution in [0.25, 0.3) is 0 Å². The standard InChI is InChI=1S/C21H27N3O3S/c1-21(2,3)17-14-16(19(25)27-4)18(28-17)22-20(26)24-12-10-23(11-13-24)15-8-6-5-7-9-15/h5-9,14H,10-13H2,1-4H3,(H,22,26). The molecule has 0 aliphatic carbocycles. The Balaban J connectivity index is 1.68. The zero-order valence-corrected chi connectivity index (χ0v) is 17.6. The topological polar surface area (TPSA) is 61.9 Å². The SMILES string of the molecule is COC(=O)c1cc(C(C)(C)C)sc1NC(=O)N1CCN(c2ccccc2)CC1. The molecule has 2 amide bonds. The number of rotatable bonds is 3. The summed E-state index contributed by atoms with van der Waals surface area (Å²) in [5.41, 5.74) is 1.47. The Kier molecular flexibility index (Phi) is 5.93. The van der Waals surface area contributed by atoms with Crippen LogP contribution in [0.3, 0.4) is 0 Å². The summed E-state index contributed by atoms with van der Waals surface area (Å²) in [6, 6.07) is 11.8. The number of carbonyl (C=O) groups excluding carboxylic acids is 2. The molecule has 1 fully saturated rings. The fourth-order valence-electron chi connectivity index (χ4n) is 3.10. The number of nitrogens with zero attached hydrogens (tertiary/aromatic N) is 2. The summed E-state index contributed by atoms with van der Waals surface area (Å²) < 4.78 is 4.89. The molecule has 150 valence electrons. The monoisotopic (exact) mass is 401 g/mol. The van der Waals surface area contributed by atoms with Gasteiger partial charge in [0.1, 0.15) is 5.00 Å². The summed E-state index contributed by atoms with van der Waals surface area (Å²) in [6.45, 7) is 9.05. The molecule has 1 aliphatic heterocycles. The molecule has 28 heavy (non-hydrogen) atoms. The van der Waals surface area contributed by atoms with Gasteiger partial charge in [-0.05, 0) is 23.6 Å². The predicted octanol–water partition coefficient (Wildman–Crippen LogP) is 4.19. The van der Waals surface area contributed by atoms with Gasteiger partial charge in [0.25, 0.3) is 0 Å². The number of piperazine rings is 1. The number of benzene rings is 1. The Morgan fingerprint density at radius 3 is 2.29 bits per heavy atom. The van der Waals surface area contributed by atoms with Crippen molar-refractivity contribution in [3.05, 3.63) is 46.8 Å². The number of hydrogen-bond donors (Lipinski definition) is 1. The number of amides is 2. The molecule has 1 N–H and O–H groups in total. The van der Waals surface area contributed by atoms with Gasteiger partial charge in [-0.2, -0.15) is 0 Å². The molecule has 1 aromatic carbocycles. The average molecular weight is 402 g/mol. The zero-order valence-electron chi connectivity index (χ0n) is 16.8. The second-order valence-corrected chi connectivity index (χ2v) is 8.89. The molecule has 6 nitrogen and oxygen atoms in total. The van der Waals surface area contributed by atoms with E-state index in [4.69, 9.17) is 4.74 Å². The highest BCUT2D eigenvalue weighted by Crippen LogP contribution is 2.36. The van der Waals surface area contributed by atoms with E-state index in [9.17, 15) is 9.59 Å². The molecule has 0 spiro atoms. The Morgan fingerprint density at radius 2 is 1.71 bits per heavy atom. The van der Waals surface area contributed by atoms with Crippen LogP contribution in [0.5, 0.6) is 0 Å². The van der Waals surface area contributed by atoms with E-state index < -0.39 is 5.97 Å². The second kappa shape index (κ2) is 8.22. The number of urea groups is 1. The minimum absolute atomic E-state index is 0.113. The van der Waals surface area contributed by atoms with Crippen molar-refractivity contribution in [2.75, 3.05) is 43.5 Å². The van der Waals surface area contributed by atoms with Crippen molar-refractivity contribution in [3.8, 4) is 0 Å². The predicted molar refractivity (Wildman–Crippen MR) is 114 cm³/mol. The molecular formula is C21H27N3O3S. The highest BCUT2D eigenvalue weighted by atomic mass is 32.1. The van der Waals surface area contributed by atoms with Gasteiger partial charge in [0, 0.05) is 36.7 Å². The van der Waals surface area contributed by atoms with E-state index in [1.54, 1.807) is 4.90 Å². The van der Waals surface area contributed by atoms with Gasteiger partial charge in [-0.15, -0.1) is 11.3 Å². The number of carbonyl (C=O) groups is 2. The highest BCUT2D eigenvalue weighted by Gasteiger charge is 2.27. The lowest BCUT2D eigenvalue weighted by molar-refractivity contribution is 0.0602. The van der Waals surface area contributed by atoms with Gasteiger partial charge in [0.15, 0.2) is 0 Å². The fraction of sp³-hybridized carbons (Fsp3) is 0.429. The quantitative estimate of drug-likeness (QED) is 0.784. The van der Waals surface area contributed by atoms with Crippen molar-refractivity contribution in [2.24, 2.45) is 0 Å². The first-order chi connectivity index (χ1) is 13.3. The molecule has 0 bridgehead atoms. The van der Waals surface area contributed by atoms with Gasteiger partial charge in [-0.25, -0.2) is 9.59 Å². The zero-order chi connectivity index (χ0) is 20.3. The number of nitrogens with one attached hydrogen (secondary N) is 1. The van der Waals surface area contributed by atoms with Crippen LogP contribution in [0.2, 0.25) is 0 Å². The van der Waals surface area contributed by atoms with Crippen molar-refractivity contribution in [1.82, 2.24) is 4.90 Å². The Morgan fingerprint density at radius 1 is 1.07 bits per heavy atom. The van der Waals surface area contributed by atoms with E-state index in [0.717, 1.165) is 18.0 Å². The molecule has 0 radical (unpaired) electrons. The Bertz CT molecular complexity index is 834. The summed E-state index contributed by atoms with van der Waals surface area (Å²) in [6.07, 6.45) is 0. The fourth-order valence-corrected chi connectivity index (χ4v) is 4.19. The van der Waals surface area contributed by atoms with E-state index in [1.807, 2.05) is 24.3 Å². The third-order valence-electron chi connectivity index (χ3n) is 4.79. The van der Waals surface area contributed by atoms with Crippen molar-refractivity contribution in [1.29, 1.82) is 0 Å². The summed E-state index contributed by atoms with van der Waals surface area (Å²) in [5.74, 6) is -0.434. The lowest BCUT2D eigenvalue weighted by Crippen LogP contribution is -2.50. The van der Waals surface area contributed by atoms with Crippen molar-refractivity contribution < 1.29 is 14.3 Å². The first-order valence-corrected chi connectivity index (χ1v) is 10.2. The summed E-state index contributed by atoms with van der Waals surface area (Å²) >= 11 is 1.43. The highest BCUT2D eigenvalue weighted by molar-refractivity contribution is 7.16. The minimum atomic E-state index is -0.434. The maximum Gasteiger partial charge on any atom is 0.340 e. The van der Waals surface area contributed by atoms with Crippen LogP contribution in [0.4, 0.5) is 15.5 Å². The molecule has 0 atom stereocenters. The van der Waals surface area contributed by atoms with Crippen LogP contribution in [0.1, 0.15) is 36.0 Å². The van der Waals surface area contributed by atoms with Crippen molar-refractivity contribution in [3.63, 3.8) is 0 Å². The smallest absolute Gasteiger partial charge is 0.340 e. The normalized spacial score (nSPS) is 14.7. The van der Waals surface area contributed by atoms with Gasteiger partial charge >= 0.3 is 12.0 Å². The molecular weight excluding hydrogens is 374 g/mol. The molecule has 3 rings (SSSR count). The van der Waals surface area contributed by atoms with Crippen LogP contribution in [-0.4, -0.2) is 50.2 Å². The minimum Gasteiger partial charge on any atom is -0.465 e. The van der Waals surface area contributed by atoms with E-state index in [0.29, 0.717) is 23.7 Å². The van der Waals surface area contributed by atoms with Crippen LogP contribution >= 0.6 is 11.3 Å². The molecule has 0 saturated carbocycles. The van der Waals surface area contributed by atoms with Crippen molar-refractivity contribution in [2.45, 2.75) is 26.2 Å².